The van der Waals surface area contributed by atoms with E-state index in [2.05, 4.69) is 10.1 Å². The summed E-state index contributed by atoms with van der Waals surface area (Å²) in [6, 6.07) is 6.10. The van der Waals surface area contributed by atoms with Gasteiger partial charge in [-0.25, -0.2) is 0 Å². The molecule has 0 bridgehead atoms. The fourth-order valence-electron chi connectivity index (χ4n) is 1.52. The van der Waals surface area contributed by atoms with Crippen molar-refractivity contribution in [2.45, 2.75) is 19.8 Å². The SMILES string of the molecule is CC(=O)C(C)c1nc(-c2ccccc2[N+](=O)[O-])no1. The van der Waals surface area contributed by atoms with Gasteiger partial charge in [0.2, 0.25) is 11.7 Å². The number of benzene rings is 1. The predicted molar refractivity (Wildman–Crippen MR) is 65.5 cm³/mol. The van der Waals surface area contributed by atoms with Crippen LogP contribution in [0.1, 0.15) is 25.7 Å². The lowest BCUT2D eigenvalue weighted by molar-refractivity contribution is -0.384. The first kappa shape index (κ1) is 12.9. The summed E-state index contributed by atoms with van der Waals surface area (Å²) < 4.78 is 4.97. The average Bonchev–Trinajstić information content (AvgIpc) is 2.87. The summed E-state index contributed by atoms with van der Waals surface area (Å²) in [7, 11) is 0. The van der Waals surface area contributed by atoms with Gasteiger partial charge in [0, 0.05) is 6.07 Å². The number of para-hydroxylation sites is 1. The van der Waals surface area contributed by atoms with E-state index in [4.69, 9.17) is 4.52 Å². The number of carbonyl (C=O) groups is 1. The van der Waals surface area contributed by atoms with E-state index >= 15 is 0 Å². The van der Waals surface area contributed by atoms with Crippen LogP contribution in [0.4, 0.5) is 5.69 Å². The lowest BCUT2D eigenvalue weighted by atomic mass is 10.1. The maximum atomic E-state index is 11.2. The van der Waals surface area contributed by atoms with Gasteiger partial charge in [0.1, 0.15) is 11.3 Å². The highest BCUT2D eigenvalue weighted by Gasteiger charge is 2.22. The molecule has 0 saturated heterocycles. The number of nitrogens with zero attached hydrogens (tertiary/aromatic N) is 3. The van der Waals surface area contributed by atoms with Crippen LogP contribution in [-0.4, -0.2) is 20.8 Å². The molecule has 1 heterocycles. The van der Waals surface area contributed by atoms with Crippen LogP contribution >= 0.6 is 0 Å². The zero-order valence-corrected chi connectivity index (χ0v) is 10.4. The summed E-state index contributed by atoms with van der Waals surface area (Å²) >= 11 is 0. The highest BCUT2D eigenvalue weighted by Crippen LogP contribution is 2.28. The molecular weight excluding hydrogens is 250 g/mol. The third-order valence-corrected chi connectivity index (χ3v) is 2.76. The monoisotopic (exact) mass is 261 g/mol. The van der Waals surface area contributed by atoms with Crippen molar-refractivity contribution in [2.24, 2.45) is 0 Å². The number of Topliss-reactive ketones (excluding diaryl/α,β-unsaturated/α-hetero) is 1. The largest absolute Gasteiger partial charge is 0.338 e. The second-order valence-electron chi connectivity index (χ2n) is 4.06. The molecule has 0 radical (unpaired) electrons. The summed E-state index contributed by atoms with van der Waals surface area (Å²) in [5.74, 6) is -0.377. The van der Waals surface area contributed by atoms with Gasteiger partial charge in [-0.15, -0.1) is 0 Å². The van der Waals surface area contributed by atoms with Crippen LogP contribution in [0.5, 0.6) is 0 Å². The predicted octanol–water partition coefficient (Wildman–Crippen LogP) is 2.34. The number of hydrogen-bond acceptors (Lipinski definition) is 6. The lowest BCUT2D eigenvalue weighted by Crippen LogP contribution is -2.04. The Balaban J connectivity index is 2.44. The van der Waals surface area contributed by atoms with E-state index in [0.717, 1.165) is 0 Å². The number of nitro groups is 1. The van der Waals surface area contributed by atoms with Gasteiger partial charge in [-0.1, -0.05) is 17.3 Å². The van der Waals surface area contributed by atoms with Gasteiger partial charge < -0.3 is 4.52 Å². The van der Waals surface area contributed by atoms with E-state index in [0.29, 0.717) is 0 Å². The van der Waals surface area contributed by atoms with Crippen LogP contribution in [0.3, 0.4) is 0 Å². The molecular formula is C12H11N3O4. The van der Waals surface area contributed by atoms with Gasteiger partial charge in [-0.2, -0.15) is 4.98 Å². The molecule has 0 aliphatic carbocycles. The maximum Gasteiger partial charge on any atom is 0.280 e. The molecule has 0 N–H and O–H groups in total. The first-order chi connectivity index (χ1) is 9.00. The Bertz CT molecular complexity index is 635. The number of aromatic nitrogens is 2. The quantitative estimate of drug-likeness (QED) is 0.618. The van der Waals surface area contributed by atoms with Crippen molar-refractivity contribution in [1.82, 2.24) is 10.1 Å². The Morgan fingerprint density at radius 3 is 2.74 bits per heavy atom. The average molecular weight is 261 g/mol. The van der Waals surface area contributed by atoms with Gasteiger partial charge in [0.05, 0.1) is 10.8 Å². The van der Waals surface area contributed by atoms with Crippen LogP contribution < -0.4 is 0 Å². The lowest BCUT2D eigenvalue weighted by Gasteiger charge is -1.98. The molecule has 98 valence electrons. The molecule has 19 heavy (non-hydrogen) atoms. The molecule has 0 aliphatic heterocycles. The molecule has 0 amide bonds. The van der Waals surface area contributed by atoms with Crippen LogP contribution in [0.15, 0.2) is 28.8 Å². The first-order valence-electron chi connectivity index (χ1n) is 5.58. The topological polar surface area (TPSA) is 99.1 Å². The highest BCUT2D eigenvalue weighted by molar-refractivity contribution is 5.81. The van der Waals surface area contributed by atoms with Crippen molar-refractivity contribution in [1.29, 1.82) is 0 Å². The third kappa shape index (κ3) is 2.49. The molecule has 0 saturated carbocycles. The first-order valence-corrected chi connectivity index (χ1v) is 5.58. The second-order valence-corrected chi connectivity index (χ2v) is 4.06. The Morgan fingerprint density at radius 1 is 1.42 bits per heavy atom. The molecule has 7 nitrogen and oxygen atoms in total. The van der Waals surface area contributed by atoms with Gasteiger partial charge in [0.15, 0.2) is 0 Å². The van der Waals surface area contributed by atoms with Crippen LogP contribution in [0.25, 0.3) is 11.4 Å². The van der Waals surface area contributed by atoms with Gasteiger partial charge in [0.25, 0.3) is 5.69 Å². The number of rotatable bonds is 4. The van der Waals surface area contributed by atoms with Crippen molar-refractivity contribution in [3.05, 3.63) is 40.3 Å². The van der Waals surface area contributed by atoms with E-state index in [1.807, 2.05) is 0 Å². The number of ketones is 1. The summed E-state index contributed by atoms with van der Waals surface area (Å²) in [5.41, 5.74) is 0.156. The van der Waals surface area contributed by atoms with Gasteiger partial charge in [-0.3, -0.25) is 14.9 Å². The maximum absolute atomic E-state index is 11.2. The van der Waals surface area contributed by atoms with Crippen LogP contribution in [0.2, 0.25) is 0 Å². The molecule has 2 rings (SSSR count). The number of nitro benzene ring substituents is 1. The molecule has 7 heteroatoms. The molecule has 1 unspecified atom stereocenters. The number of hydrogen-bond donors (Lipinski definition) is 0. The van der Waals surface area contributed by atoms with Crippen molar-refractivity contribution in [2.75, 3.05) is 0 Å². The molecule has 1 aromatic heterocycles. The van der Waals surface area contributed by atoms with E-state index in [1.165, 1.54) is 19.1 Å². The molecule has 1 atom stereocenters. The van der Waals surface area contributed by atoms with Crippen molar-refractivity contribution >= 4 is 11.5 Å². The summed E-state index contributed by atoms with van der Waals surface area (Å²) in [6.07, 6.45) is 0. The van der Waals surface area contributed by atoms with Gasteiger partial charge >= 0.3 is 0 Å². The van der Waals surface area contributed by atoms with E-state index < -0.39 is 10.8 Å². The smallest absolute Gasteiger partial charge is 0.280 e. The van der Waals surface area contributed by atoms with Crippen LogP contribution in [0, 0.1) is 10.1 Å². The Hall–Kier alpha value is -2.57. The molecule has 1 aromatic carbocycles. The Morgan fingerprint density at radius 2 is 2.11 bits per heavy atom. The third-order valence-electron chi connectivity index (χ3n) is 2.76. The van der Waals surface area contributed by atoms with Crippen molar-refractivity contribution in [3.8, 4) is 11.4 Å². The van der Waals surface area contributed by atoms with E-state index in [1.54, 1.807) is 19.1 Å². The molecule has 0 aliphatic rings. The standard InChI is InChI=1S/C12H11N3O4/c1-7(8(2)16)12-13-11(14-19-12)9-5-3-4-6-10(9)15(17)18/h3-7H,1-2H3. The molecule has 0 spiro atoms. The molecule has 2 aromatic rings. The van der Waals surface area contributed by atoms with Crippen molar-refractivity contribution < 1.29 is 14.2 Å². The van der Waals surface area contributed by atoms with E-state index in [-0.39, 0.29) is 28.7 Å². The molecule has 0 fully saturated rings. The van der Waals surface area contributed by atoms with E-state index in [9.17, 15) is 14.9 Å². The normalized spacial score (nSPS) is 12.1. The second kappa shape index (κ2) is 4.97. The van der Waals surface area contributed by atoms with Crippen molar-refractivity contribution in [3.63, 3.8) is 0 Å². The highest BCUT2D eigenvalue weighted by atomic mass is 16.6. The zero-order valence-electron chi connectivity index (χ0n) is 10.4. The zero-order chi connectivity index (χ0) is 14.0. The van der Waals surface area contributed by atoms with Crippen LogP contribution in [-0.2, 0) is 4.79 Å². The Kier molecular flexibility index (Phi) is 3.37. The summed E-state index contributed by atoms with van der Waals surface area (Å²) in [4.78, 5) is 25.7. The fraction of sp³-hybridized carbons (Fsp3) is 0.250. The van der Waals surface area contributed by atoms with Gasteiger partial charge in [-0.05, 0) is 19.9 Å². The number of carbonyl (C=O) groups excluding carboxylic acids is 1. The summed E-state index contributed by atoms with van der Waals surface area (Å²) in [5, 5.41) is 14.6. The minimum absolute atomic E-state index is 0.106. The fourth-order valence-corrected chi connectivity index (χ4v) is 1.52. The Labute approximate surface area is 108 Å². The minimum atomic E-state index is -0.524. The summed E-state index contributed by atoms with van der Waals surface area (Å²) in [6.45, 7) is 3.05. The minimum Gasteiger partial charge on any atom is -0.338 e.